The van der Waals surface area contributed by atoms with Gasteiger partial charge in [-0.1, -0.05) is 6.07 Å². The molecular weight excluding hydrogens is 273 g/mol. The number of likely N-dealkylation sites (tertiary alicyclic amines) is 1. The van der Waals surface area contributed by atoms with Crippen molar-refractivity contribution in [2.24, 2.45) is 0 Å². The second-order valence-electron chi connectivity index (χ2n) is 4.62. The summed E-state index contributed by atoms with van der Waals surface area (Å²) < 4.78 is 40.5. The first-order valence-electron chi connectivity index (χ1n) is 6.32. The molecule has 1 aromatic carbocycles. The van der Waals surface area contributed by atoms with Crippen LogP contribution >= 0.6 is 0 Å². The first-order valence-corrected chi connectivity index (χ1v) is 6.32. The second kappa shape index (κ2) is 5.60. The predicted octanol–water partition coefficient (Wildman–Crippen LogP) is 2.79. The highest BCUT2D eigenvalue weighted by Crippen LogP contribution is 2.31. The minimum atomic E-state index is -4.83. The quantitative estimate of drug-likeness (QED) is 0.851. The Morgan fingerprint density at radius 2 is 1.85 bits per heavy atom. The number of para-hydroxylation sites is 1. The van der Waals surface area contributed by atoms with Crippen molar-refractivity contribution >= 4 is 11.6 Å². The molecule has 0 atom stereocenters. The number of hydrogen-bond acceptors (Lipinski definition) is 3. The fraction of sp³-hybridized carbons (Fsp3) is 0.462. The first kappa shape index (κ1) is 14.5. The second-order valence-corrected chi connectivity index (χ2v) is 4.62. The number of rotatable bonds is 2. The van der Waals surface area contributed by atoms with Crippen molar-refractivity contribution < 1.29 is 22.7 Å². The van der Waals surface area contributed by atoms with Crippen molar-refractivity contribution in [2.45, 2.75) is 25.6 Å². The molecule has 0 radical (unpaired) electrons. The van der Waals surface area contributed by atoms with Crippen LogP contribution in [0.2, 0.25) is 0 Å². The smallest absolute Gasteiger partial charge is 0.404 e. The summed E-state index contributed by atoms with van der Waals surface area (Å²) in [5, 5.41) is 0. The summed E-state index contributed by atoms with van der Waals surface area (Å²) in [6.07, 6.45) is -1.99. The maximum Gasteiger partial charge on any atom is 0.573 e. The Bertz CT molecular complexity index is 497. The molecule has 4 nitrogen and oxygen atoms in total. The van der Waals surface area contributed by atoms with E-state index in [0.29, 0.717) is 13.1 Å². The third kappa shape index (κ3) is 3.34. The summed E-state index contributed by atoms with van der Waals surface area (Å²) in [4.78, 5) is 13.9. The van der Waals surface area contributed by atoms with Gasteiger partial charge in [0.05, 0.1) is 11.3 Å². The van der Waals surface area contributed by atoms with Gasteiger partial charge in [-0.05, 0) is 31.4 Å². The number of halogens is 3. The van der Waals surface area contributed by atoms with Gasteiger partial charge < -0.3 is 15.4 Å². The van der Waals surface area contributed by atoms with Crippen LogP contribution in [-0.4, -0.2) is 30.3 Å². The number of nitrogen functional groups attached to an aromatic ring is 1. The molecule has 110 valence electrons. The molecule has 1 aliphatic rings. The van der Waals surface area contributed by atoms with Crippen molar-refractivity contribution in [2.75, 3.05) is 18.8 Å². The van der Waals surface area contributed by atoms with Gasteiger partial charge in [-0.15, -0.1) is 13.2 Å². The van der Waals surface area contributed by atoms with Crippen LogP contribution in [0.1, 0.15) is 29.6 Å². The topological polar surface area (TPSA) is 55.6 Å². The number of amides is 1. The Balaban J connectivity index is 2.23. The maximum absolute atomic E-state index is 12.2. The molecule has 0 aliphatic carbocycles. The van der Waals surface area contributed by atoms with Gasteiger partial charge in [0.1, 0.15) is 0 Å². The van der Waals surface area contributed by atoms with E-state index in [2.05, 4.69) is 4.74 Å². The molecule has 1 aliphatic heterocycles. The Hall–Kier alpha value is -1.92. The van der Waals surface area contributed by atoms with Gasteiger partial charge in [-0.3, -0.25) is 4.79 Å². The van der Waals surface area contributed by atoms with Crippen molar-refractivity contribution in [3.63, 3.8) is 0 Å². The standard InChI is InChI=1S/C13H15F3N2O2/c14-13(15,16)20-10-6-4-5-9(11(10)17)12(19)18-7-2-1-3-8-18/h4-6H,1-3,7-8,17H2. The van der Waals surface area contributed by atoms with Crippen molar-refractivity contribution in [1.82, 2.24) is 4.90 Å². The number of piperidine rings is 1. The van der Waals surface area contributed by atoms with Crippen LogP contribution in [-0.2, 0) is 0 Å². The van der Waals surface area contributed by atoms with E-state index in [1.54, 1.807) is 4.90 Å². The molecule has 0 spiro atoms. The third-order valence-electron chi connectivity index (χ3n) is 3.17. The van der Waals surface area contributed by atoms with E-state index in [0.717, 1.165) is 25.3 Å². The summed E-state index contributed by atoms with van der Waals surface area (Å²) in [5.41, 5.74) is 5.40. The number of ether oxygens (including phenoxy) is 1. The zero-order valence-corrected chi connectivity index (χ0v) is 10.7. The fourth-order valence-electron chi connectivity index (χ4n) is 2.21. The number of nitrogens with zero attached hydrogens (tertiary/aromatic N) is 1. The van der Waals surface area contributed by atoms with E-state index in [4.69, 9.17) is 5.73 Å². The highest BCUT2D eigenvalue weighted by molar-refractivity contribution is 6.00. The van der Waals surface area contributed by atoms with Gasteiger partial charge in [0, 0.05) is 13.1 Å². The average Bonchev–Trinajstić information content (AvgIpc) is 2.40. The van der Waals surface area contributed by atoms with Crippen LogP contribution in [0.25, 0.3) is 0 Å². The molecule has 1 saturated heterocycles. The Morgan fingerprint density at radius 1 is 1.20 bits per heavy atom. The molecule has 2 rings (SSSR count). The van der Waals surface area contributed by atoms with E-state index in [1.807, 2.05) is 0 Å². The van der Waals surface area contributed by atoms with Gasteiger partial charge in [-0.2, -0.15) is 0 Å². The summed E-state index contributed by atoms with van der Waals surface area (Å²) >= 11 is 0. The molecule has 0 unspecified atom stereocenters. The zero-order chi connectivity index (χ0) is 14.8. The van der Waals surface area contributed by atoms with Crippen LogP contribution < -0.4 is 10.5 Å². The minimum absolute atomic E-state index is 0.0497. The molecule has 1 aromatic rings. The molecular formula is C13H15F3N2O2. The summed E-state index contributed by atoms with van der Waals surface area (Å²) in [7, 11) is 0. The Labute approximate surface area is 114 Å². The predicted molar refractivity (Wildman–Crippen MR) is 67.3 cm³/mol. The molecule has 1 amide bonds. The number of carbonyl (C=O) groups excluding carboxylic acids is 1. The zero-order valence-electron chi connectivity index (χ0n) is 10.7. The number of nitrogens with two attached hydrogens (primary N) is 1. The molecule has 0 bridgehead atoms. The molecule has 0 saturated carbocycles. The van der Waals surface area contributed by atoms with Gasteiger partial charge in [0.2, 0.25) is 0 Å². The van der Waals surface area contributed by atoms with Crippen molar-refractivity contribution in [3.05, 3.63) is 23.8 Å². The fourth-order valence-corrected chi connectivity index (χ4v) is 2.21. The summed E-state index contributed by atoms with van der Waals surface area (Å²) in [6.45, 7) is 1.20. The highest BCUT2D eigenvalue weighted by Gasteiger charge is 2.33. The molecule has 0 aromatic heterocycles. The van der Waals surface area contributed by atoms with Gasteiger partial charge in [0.25, 0.3) is 5.91 Å². The van der Waals surface area contributed by atoms with E-state index in [1.165, 1.54) is 12.1 Å². The monoisotopic (exact) mass is 288 g/mol. The largest absolute Gasteiger partial charge is 0.573 e. The van der Waals surface area contributed by atoms with Gasteiger partial charge in [-0.25, -0.2) is 0 Å². The third-order valence-corrected chi connectivity index (χ3v) is 3.17. The number of anilines is 1. The van der Waals surface area contributed by atoms with Crippen molar-refractivity contribution in [1.29, 1.82) is 0 Å². The van der Waals surface area contributed by atoms with Gasteiger partial charge >= 0.3 is 6.36 Å². The lowest BCUT2D eigenvalue weighted by molar-refractivity contribution is -0.274. The number of hydrogen-bond donors (Lipinski definition) is 1. The van der Waals surface area contributed by atoms with E-state index in [-0.39, 0.29) is 17.2 Å². The Morgan fingerprint density at radius 3 is 2.45 bits per heavy atom. The molecule has 7 heteroatoms. The van der Waals surface area contributed by atoms with Crippen molar-refractivity contribution in [3.8, 4) is 5.75 Å². The van der Waals surface area contributed by atoms with Crippen LogP contribution in [0.15, 0.2) is 18.2 Å². The molecule has 1 heterocycles. The molecule has 20 heavy (non-hydrogen) atoms. The van der Waals surface area contributed by atoms with Crippen LogP contribution in [0, 0.1) is 0 Å². The lowest BCUT2D eigenvalue weighted by Gasteiger charge is -2.27. The number of alkyl halides is 3. The summed E-state index contributed by atoms with van der Waals surface area (Å²) in [5.74, 6) is -0.893. The number of benzene rings is 1. The normalized spacial score (nSPS) is 16.1. The minimum Gasteiger partial charge on any atom is -0.404 e. The maximum atomic E-state index is 12.2. The van der Waals surface area contributed by atoms with Crippen LogP contribution in [0.5, 0.6) is 5.75 Å². The van der Waals surface area contributed by atoms with E-state index >= 15 is 0 Å². The number of carbonyl (C=O) groups is 1. The Kier molecular flexibility index (Phi) is 4.06. The van der Waals surface area contributed by atoms with Gasteiger partial charge in [0.15, 0.2) is 5.75 Å². The average molecular weight is 288 g/mol. The first-order chi connectivity index (χ1) is 9.38. The molecule has 2 N–H and O–H groups in total. The van der Waals surface area contributed by atoms with Crippen LogP contribution in [0.4, 0.5) is 18.9 Å². The van der Waals surface area contributed by atoms with E-state index in [9.17, 15) is 18.0 Å². The highest BCUT2D eigenvalue weighted by atomic mass is 19.4. The van der Waals surface area contributed by atoms with E-state index < -0.39 is 12.1 Å². The SMILES string of the molecule is Nc1c(OC(F)(F)F)cccc1C(=O)N1CCCCC1. The lowest BCUT2D eigenvalue weighted by Crippen LogP contribution is -2.36. The molecule has 1 fully saturated rings. The summed E-state index contributed by atoms with van der Waals surface area (Å²) in [6, 6.07) is 3.83. The van der Waals surface area contributed by atoms with Crippen LogP contribution in [0.3, 0.4) is 0 Å². The lowest BCUT2D eigenvalue weighted by atomic mass is 10.1.